The van der Waals surface area contributed by atoms with E-state index in [4.69, 9.17) is 13.9 Å². The van der Waals surface area contributed by atoms with Crippen LogP contribution in [0.1, 0.15) is 33.4 Å². The van der Waals surface area contributed by atoms with Gasteiger partial charge in [-0.25, -0.2) is 4.79 Å². The molecule has 0 spiro atoms. The van der Waals surface area contributed by atoms with Gasteiger partial charge in [0.15, 0.2) is 6.10 Å². The number of nitrogens with one attached hydrogen (secondary N) is 2. The predicted octanol–water partition coefficient (Wildman–Crippen LogP) is 2.76. The molecule has 2 amide bonds. The molecule has 8 nitrogen and oxygen atoms in total. The first kappa shape index (κ1) is 19.9. The van der Waals surface area contributed by atoms with Crippen LogP contribution in [-0.4, -0.2) is 31.0 Å². The Morgan fingerprint density at radius 3 is 2.45 bits per heavy atom. The highest BCUT2D eigenvalue weighted by Crippen LogP contribution is 2.29. The Hall–Kier alpha value is -3.81. The van der Waals surface area contributed by atoms with Crippen LogP contribution in [0.3, 0.4) is 0 Å². The lowest BCUT2D eigenvalue weighted by Crippen LogP contribution is -2.46. The van der Waals surface area contributed by atoms with Crippen LogP contribution in [0.5, 0.6) is 5.75 Å². The number of furan rings is 1. The van der Waals surface area contributed by atoms with Crippen molar-refractivity contribution in [3.63, 3.8) is 0 Å². The molecular weight excluding hydrogens is 376 g/mol. The van der Waals surface area contributed by atoms with Crippen molar-refractivity contribution in [1.29, 1.82) is 0 Å². The van der Waals surface area contributed by atoms with Gasteiger partial charge in [0.25, 0.3) is 11.8 Å². The van der Waals surface area contributed by atoms with Gasteiger partial charge in [0, 0.05) is 16.5 Å². The largest absolute Gasteiger partial charge is 0.497 e. The number of carbonyl (C=O) groups is 3. The molecule has 2 N–H and O–H groups in total. The summed E-state index contributed by atoms with van der Waals surface area (Å²) in [5.74, 6) is -1.32. The van der Waals surface area contributed by atoms with Crippen LogP contribution < -0.4 is 15.6 Å². The van der Waals surface area contributed by atoms with Gasteiger partial charge >= 0.3 is 5.97 Å². The summed E-state index contributed by atoms with van der Waals surface area (Å²) in [7, 11) is 1.54. The fourth-order valence-corrected chi connectivity index (χ4v) is 2.67. The molecule has 2 aromatic carbocycles. The molecule has 0 aliphatic carbocycles. The first-order valence-electron chi connectivity index (χ1n) is 8.84. The monoisotopic (exact) mass is 396 g/mol. The summed E-state index contributed by atoms with van der Waals surface area (Å²) in [5, 5.41) is 0.712. The summed E-state index contributed by atoms with van der Waals surface area (Å²) in [6.45, 7) is 3.11. The number of aryl methyl sites for hydroxylation is 1. The lowest BCUT2D eigenvalue weighted by atomic mass is 10.1. The van der Waals surface area contributed by atoms with Crippen molar-refractivity contribution in [3.05, 3.63) is 65.4 Å². The van der Waals surface area contributed by atoms with Crippen molar-refractivity contribution in [2.45, 2.75) is 20.0 Å². The predicted molar refractivity (Wildman–Crippen MR) is 104 cm³/mol. The molecule has 0 fully saturated rings. The highest BCUT2D eigenvalue weighted by molar-refractivity contribution is 5.98. The molecule has 150 valence electrons. The van der Waals surface area contributed by atoms with Crippen molar-refractivity contribution in [2.75, 3.05) is 7.11 Å². The minimum atomic E-state index is -1.15. The summed E-state index contributed by atoms with van der Waals surface area (Å²) in [4.78, 5) is 36.5. The number of hydrogen-bond acceptors (Lipinski definition) is 6. The summed E-state index contributed by atoms with van der Waals surface area (Å²) < 4.78 is 15.9. The Morgan fingerprint density at radius 2 is 1.76 bits per heavy atom. The van der Waals surface area contributed by atoms with Crippen LogP contribution in [0.2, 0.25) is 0 Å². The molecule has 8 heteroatoms. The maximum atomic E-state index is 12.4. The van der Waals surface area contributed by atoms with Gasteiger partial charge in [-0.15, -0.1) is 0 Å². The number of amides is 2. The van der Waals surface area contributed by atoms with Gasteiger partial charge in [-0.3, -0.25) is 20.4 Å². The van der Waals surface area contributed by atoms with E-state index in [1.807, 2.05) is 0 Å². The minimum absolute atomic E-state index is 0.00113. The van der Waals surface area contributed by atoms with Gasteiger partial charge < -0.3 is 13.9 Å². The number of rotatable bonds is 5. The molecule has 3 rings (SSSR count). The zero-order chi connectivity index (χ0) is 21.0. The van der Waals surface area contributed by atoms with Crippen LogP contribution in [0.4, 0.5) is 0 Å². The fraction of sp³-hybridized carbons (Fsp3) is 0.190. The van der Waals surface area contributed by atoms with E-state index in [0.29, 0.717) is 27.8 Å². The Kier molecular flexibility index (Phi) is 5.82. The molecular formula is C21H20N2O6. The maximum absolute atomic E-state index is 12.4. The Labute approximate surface area is 166 Å². The number of carbonyl (C=O) groups excluding carboxylic acids is 3. The molecule has 0 saturated carbocycles. The van der Waals surface area contributed by atoms with Crippen LogP contribution >= 0.6 is 0 Å². The number of benzene rings is 2. The molecule has 0 radical (unpaired) electrons. The second-order valence-electron chi connectivity index (χ2n) is 6.28. The molecule has 1 aromatic heterocycles. The molecule has 1 heterocycles. The Morgan fingerprint density at radius 1 is 1.03 bits per heavy atom. The average Bonchev–Trinajstić information content (AvgIpc) is 3.08. The quantitative estimate of drug-likeness (QED) is 0.507. The van der Waals surface area contributed by atoms with Crippen LogP contribution in [0.25, 0.3) is 11.0 Å². The Balaban J connectivity index is 1.62. The third-order valence-electron chi connectivity index (χ3n) is 4.32. The molecule has 0 aliphatic heterocycles. The number of hydrazine groups is 1. The van der Waals surface area contributed by atoms with E-state index in [9.17, 15) is 14.4 Å². The number of esters is 1. The number of fused-ring (bicyclic) bond motifs is 1. The standard InChI is InChI=1S/C21H20N2O6/c1-12-16-11-15(27-3)9-10-17(16)29-18(12)21(26)28-13(2)19(24)22-23-20(25)14-7-5-4-6-8-14/h4-11,13H,1-3H3,(H,22,24)(H,23,25)/t13-/m1/s1. The molecule has 0 unspecified atom stereocenters. The minimum Gasteiger partial charge on any atom is -0.497 e. The average molecular weight is 396 g/mol. The molecule has 0 bridgehead atoms. The normalized spacial score (nSPS) is 11.6. The Bertz CT molecular complexity index is 1060. The first-order valence-corrected chi connectivity index (χ1v) is 8.84. The van der Waals surface area contributed by atoms with Gasteiger partial charge in [-0.1, -0.05) is 18.2 Å². The van der Waals surface area contributed by atoms with Crippen molar-refractivity contribution in [1.82, 2.24) is 10.9 Å². The van der Waals surface area contributed by atoms with Crippen LogP contribution in [-0.2, 0) is 9.53 Å². The van der Waals surface area contributed by atoms with E-state index in [0.717, 1.165) is 0 Å². The lowest BCUT2D eigenvalue weighted by molar-refractivity contribution is -0.129. The van der Waals surface area contributed by atoms with E-state index >= 15 is 0 Å². The number of methoxy groups -OCH3 is 1. The van der Waals surface area contributed by atoms with Crippen LogP contribution in [0, 0.1) is 6.92 Å². The van der Waals surface area contributed by atoms with E-state index in [1.54, 1.807) is 62.6 Å². The van der Waals surface area contributed by atoms with Crippen molar-refractivity contribution >= 4 is 28.8 Å². The van der Waals surface area contributed by atoms with E-state index in [-0.39, 0.29) is 5.76 Å². The molecule has 0 saturated heterocycles. The van der Waals surface area contributed by atoms with Gasteiger partial charge in [-0.2, -0.15) is 0 Å². The van der Waals surface area contributed by atoms with Gasteiger partial charge in [-0.05, 0) is 44.2 Å². The van der Waals surface area contributed by atoms with E-state index < -0.39 is 23.9 Å². The zero-order valence-corrected chi connectivity index (χ0v) is 16.1. The highest BCUT2D eigenvalue weighted by atomic mass is 16.6. The highest BCUT2D eigenvalue weighted by Gasteiger charge is 2.24. The van der Waals surface area contributed by atoms with E-state index in [2.05, 4.69) is 10.9 Å². The summed E-state index contributed by atoms with van der Waals surface area (Å²) in [6, 6.07) is 13.5. The van der Waals surface area contributed by atoms with Gasteiger partial charge in [0.05, 0.1) is 7.11 Å². The third kappa shape index (κ3) is 4.37. The van der Waals surface area contributed by atoms with E-state index in [1.165, 1.54) is 6.92 Å². The smallest absolute Gasteiger partial charge is 0.375 e. The van der Waals surface area contributed by atoms with Crippen LogP contribution in [0.15, 0.2) is 52.9 Å². The molecule has 29 heavy (non-hydrogen) atoms. The second kappa shape index (κ2) is 8.47. The van der Waals surface area contributed by atoms with Crippen molar-refractivity contribution in [3.8, 4) is 5.75 Å². The number of hydrogen-bond donors (Lipinski definition) is 2. The number of ether oxygens (including phenoxy) is 2. The first-order chi connectivity index (χ1) is 13.9. The van der Waals surface area contributed by atoms with Crippen molar-refractivity contribution in [2.24, 2.45) is 0 Å². The second-order valence-corrected chi connectivity index (χ2v) is 6.28. The molecule has 1 atom stereocenters. The van der Waals surface area contributed by atoms with Gasteiger partial charge in [0.2, 0.25) is 5.76 Å². The SMILES string of the molecule is COc1ccc2oc(C(=O)O[C@H](C)C(=O)NNC(=O)c3ccccc3)c(C)c2c1. The third-order valence-corrected chi connectivity index (χ3v) is 4.32. The van der Waals surface area contributed by atoms with Gasteiger partial charge in [0.1, 0.15) is 11.3 Å². The van der Waals surface area contributed by atoms with Crippen molar-refractivity contribution < 1.29 is 28.3 Å². The topological polar surface area (TPSA) is 107 Å². The maximum Gasteiger partial charge on any atom is 0.375 e. The molecule has 3 aromatic rings. The lowest BCUT2D eigenvalue weighted by Gasteiger charge is -2.13. The summed E-state index contributed by atoms with van der Waals surface area (Å²) >= 11 is 0. The summed E-state index contributed by atoms with van der Waals surface area (Å²) in [6.07, 6.45) is -1.15. The fourth-order valence-electron chi connectivity index (χ4n) is 2.67. The zero-order valence-electron chi connectivity index (χ0n) is 16.1. The molecule has 0 aliphatic rings. The summed E-state index contributed by atoms with van der Waals surface area (Å²) in [5.41, 5.74) is 5.96.